The van der Waals surface area contributed by atoms with Crippen LogP contribution in [0.3, 0.4) is 0 Å². The van der Waals surface area contributed by atoms with E-state index >= 15 is 0 Å². The number of carbonyl (C=O) groups is 5. The third-order valence-corrected chi connectivity index (χ3v) is 3.84. The summed E-state index contributed by atoms with van der Waals surface area (Å²) < 4.78 is 19.8. The Morgan fingerprint density at radius 1 is 0.769 bits per heavy atom. The van der Waals surface area contributed by atoms with E-state index in [1.807, 2.05) is 0 Å². The molecule has 0 aliphatic carbocycles. The monoisotopic (exact) mass is 372 g/mol. The van der Waals surface area contributed by atoms with Crippen molar-refractivity contribution in [3.8, 4) is 0 Å². The molecule has 4 amide bonds. The number of carbonyl (C=O) groups excluding carboxylic acids is 5. The number of amides is 4. The Bertz CT molecular complexity index is 524. The predicted molar refractivity (Wildman–Crippen MR) is 81.1 cm³/mol. The first kappa shape index (κ1) is 19.8. The van der Waals surface area contributed by atoms with Crippen molar-refractivity contribution in [3.05, 3.63) is 0 Å². The lowest BCUT2D eigenvalue weighted by atomic mass is 10.4. The van der Waals surface area contributed by atoms with E-state index in [1.165, 1.54) is 14.2 Å². The molecule has 26 heavy (non-hydrogen) atoms. The van der Waals surface area contributed by atoms with Gasteiger partial charge in [-0.05, 0) is 0 Å². The molecule has 0 N–H and O–H groups in total. The molecule has 2 aliphatic rings. The SMILES string of the molecule is COCC(OC(=O)OC(COC)N1C(=O)CCC1=O)N1C(=O)CCC1=O. The van der Waals surface area contributed by atoms with Crippen LogP contribution < -0.4 is 0 Å². The Morgan fingerprint density at radius 2 is 1.08 bits per heavy atom. The molecule has 2 saturated heterocycles. The number of methoxy groups -OCH3 is 2. The molecule has 0 spiro atoms. The molecule has 11 nitrogen and oxygen atoms in total. The van der Waals surface area contributed by atoms with Crippen LogP contribution in [0.2, 0.25) is 0 Å². The van der Waals surface area contributed by atoms with E-state index in [9.17, 15) is 24.0 Å². The van der Waals surface area contributed by atoms with Crippen molar-refractivity contribution in [1.82, 2.24) is 9.80 Å². The van der Waals surface area contributed by atoms with Gasteiger partial charge in [-0.3, -0.25) is 19.2 Å². The van der Waals surface area contributed by atoms with Gasteiger partial charge in [-0.15, -0.1) is 0 Å². The van der Waals surface area contributed by atoms with Crippen LogP contribution >= 0.6 is 0 Å². The number of likely N-dealkylation sites (tertiary alicyclic amines) is 2. The third kappa shape index (κ3) is 4.35. The minimum absolute atomic E-state index is 0.0144. The quantitative estimate of drug-likeness (QED) is 0.404. The second kappa shape index (κ2) is 8.72. The Morgan fingerprint density at radius 3 is 1.35 bits per heavy atom. The van der Waals surface area contributed by atoms with Crippen LogP contribution in [-0.2, 0) is 38.1 Å². The summed E-state index contributed by atoms with van der Waals surface area (Å²) >= 11 is 0. The predicted octanol–water partition coefficient (Wildman–Crippen LogP) is -0.617. The van der Waals surface area contributed by atoms with Gasteiger partial charge in [0.05, 0.1) is 0 Å². The summed E-state index contributed by atoms with van der Waals surface area (Å²) in [6.45, 7) is -0.494. The first-order chi connectivity index (χ1) is 12.4. The molecule has 0 aromatic heterocycles. The lowest BCUT2D eigenvalue weighted by molar-refractivity contribution is -0.162. The Kier molecular flexibility index (Phi) is 6.64. The van der Waals surface area contributed by atoms with Crippen molar-refractivity contribution >= 4 is 29.8 Å². The molecule has 0 bridgehead atoms. The average Bonchev–Trinajstić information content (AvgIpc) is 3.08. The maximum Gasteiger partial charge on any atom is 0.512 e. The largest absolute Gasteiger partial charge is 0.512 e. The van der Waals surface area contributed by atoms with Gasteiger partial charge in [0.15, 0.2) is 0 Å². The van der Waals surface area contributed by atoms with E-state index in [2.05, 4.69) is 0 Å². The normalized spacial score (nSPS) is 19.9. The van der Waals surface area contributed by atoms with Gasteiger partial charge < -0.3 is 18.9 Å². The van der Waals surface area contributed by atoms with Crippen LogP contribution in [0, 0.1) is 0 Å². The van der Waals surface area contributed by atoms with Gasteiger partial charge in [0.2, 0.25) is 36.1 Å². The number of nitrogens with zero attached hydrogens (tertiary/aromatic N) is 2. The number of imide groups is 2. The van der Waals surface area contributed by atoms with E-state index < -0.39 is 42.2 Å². The minimum atomic E-state index is -1.30. The highest BCUT2D eigenvalue weighted by molar-refractivity contribution is 6.02. The summed E-state index contributed by atoms with van der Waals surface area (Å²) in [6, 6.07) is 0. The summed E-state index contributed by atoms with van der Waals surface area (Å²) in [5.41, 5.74) is 0. The fourth-order valence-corrected chi connectivity index (χ4v) is 2.69. The molecule has 0 radical (unpaired) electrons. The maximum absolute atomic E-state index is 12.1. The number of rotatable bonds is 8. The van der Waals surface area contributed by atoms with Crippen molar-refractivity contribution < 1.29 is 42.9 Å². The van der Waals surface area contributed by atoms with Gasteiger partial charge in [-0.2, -0.15) is 0 Å². The van der Waals surface area contributed by atoms with Crippen molar-refractivity contribution in [1.29, 1.82) is 0 Å². The fourth-order valence-electron chi connectivity index (χ4n) is 2.69. The van der Waals surface area contributed by atoms with Crippen LogP contribution in [0.5, 0.6) is 0 Å². The van der Waals surface area contributed by atoms with Crippen molar-refractivity contribution in [3.63, 3.8) is 0 Å². The summed E-state index contributed by atoms with van der Waals surface area (Å²) in [5, 5.41) is 0. The standard InChI is InChI=1S/C15H20N2O9/c1-23-7-13(16-9(18)3-4-10(16)19)25-15(22)26-14(8-24-2)17-11(20)5-6-12(17)21/h13-14H,3-8H2,1-2H3. The van der Waals surface area contributed by atoms with Crippen LogP contribution in [0.4, 0.5) is 4.79 Å². The topological polar surface area (TPSA) is 129 Å². The van der Waals surface area contributed by atoms with Gasteiger partial charge in [-0.1, -0.05) is 0 Å². The van der Waals surface area contributed by atoms with Crippen molar-refractivity contribution in [2.45, 2.75) is 38.1 Å². The molecule has 0 aromatic carbocycles. The third-order valence-electron chi connectivity index (χ3n) is 3.84. The Balaban J connectivity index is 2.05. The molecule has 2 fully saturated rings. The first-order valence-corrected chi connectivity index (χ1v) is 7.94. The van der Waals surface area contributed by atoms with Crippen molar-refractivity contribution in [2.24, 2.45) is 0 Å². The van der Waals surface area contributed by atoms with Crippen LogP contribution in [0.1, 0.15) is 25.7 Å². The molecular formula is C15H20N2O9. The lowest BCUT2D eigenvalue weighted by Gasteiger charge is -2.28. The summed E-state index contributed by atoms with van der Waals surface area (Å²) in [5.74, 6) is -1.99. The zero-order valence-corrected chi connectivity index (χ0v) is 14.5. The summed E-state index contributed by atoms with van der Waals surface area (Å²) in [4.78, 5) is 60.9. The molecule has 2 heterocycles. The molecule has 2 aliphatic heterocycles. The van der Waals surface area contributed by atoms with E-state index in [-0.39, 0.29) is 38.9 Å². The molecule has 144 valence electrons. The summed E-state index contributed by atoms with van der Waals surface area (Å²) in [7, 11) is 2.62. The Labute approximate surface area is 149 Å². The highest BCUT2D eigenvalue weighted by Crippen LogP contribution is 2.20. The number of ether oxygens (including phenoxy) is 4. The van der Waals surface area contributed by atoms with Crippen LogP contribution in [0.15, 0.2) is 0 Å². The lowest BCUT2D eigenvalue weighted by Crippen LogP contribution is -2.48. The van der Waals surface area contributed by atoms with Gasteiger partial charge in [-0.25, -0.2) is 14.6 Å². The van der Waals surface area contributed by atoms with Crippen LogP contribution in [0.25, 0.3) is 0 Å². The average molecular weight is 372 g/mol. The van der Waals surface area contributed by atoms with Crippen LogP contribution in [-0.4, -0.2) is 79.5 Å². The minimum Gasteiger partial charge on any atom is -0.407 e. The smallest absolute Gasteiger partial charge is 0.407 e. The number of hydrogen-bond donors (Lipinski definition) is 0. The molecule has 0 saturated carbocycles. The molecule has 0 aromatic rings. The Hall–Kier alpha value is -2.53. The second-order valence-electron chi connectivity index (χ2n) is 5.62. The highest BCUT2D eigenvalue weighted by Gasteiger charge is 2.40. The molecule has 2 unspecified atom stereocenters. The van der Waals surface area contributed by atoms with E-state index in [0.717, 1.165) is 9.80 Å². The van der Waals surface area contributed by atoms with E-state index in [1.54, 1.807) is 0 Å². The molecule has 2 rings (SSSR count). The molecular weight excluding hydrogens is 352 g/mol. The van der Waals surface area contributed by atoms with Gasteiger partial charge >= 0.3 is 6.16 Å². The van der Waals surface area contributed by atoms with Gasteiger partial charge in [0, 0.05) is 39.9 Å². The summed E-state index contributed by atoms with van der Waals surface area (Å²) in [6.07, 6.45) is -3.82. The second-order valence-corrected chi connectivity index (χ2v) is 5.62. The van der Waals surface area contributed by atoms with Gasteiger partial charge in [0.1, 0.15) is 13.2 Å². The molecule has 11 heteroatoms. The maximum atomic E-state index is 12.1. The van der Waals surface area contributed by atoms with Crippen molar-refractivity contribution in [2.75, 3.05) is 27.4 Å². The van der Waals surface area contributed by atoms with Gasteiger partial charge in [0.25, 0.3) is 0 Å². The zero-order valence-electron chi connectivity index (χ0n) is 14.5. The first-order valence-electron chi connectivity index (χ1n) is 7.94. The molecule has 2 atom stereocenters. The van der Waals surface area contributed by atoms with E-state index in [4.69, 9.17) is 18.9 Å². The fraction of sp³-hybridized carbons (Fsp3) is 0.667. The van der Waals surface area contributed by atoms with E-state index in [0.29, 0.717) is 0 Å². The highest BCUT2D eigenvalue weighted by atomic mass is 16.8. The number of hydrogen-bond acceptors (Lipinski definition) is 9. The zero-order chi connectivity index (χ0) is 19.3.